The maximum absolute atomic E-state index is 12.4. The van der Waals surface area contributed by atoms with Gasteiger partial charge in [0.25, 0.3) is 0 Å². The van der Waals surface area contributed by atoms with Crippen LogP contribution in [-0.2, 0) is 16.6 Å². The van der Waals surface area contributed by atoms with E-state index in [4.69, 9.17) is 0 Å². The van der Waals surface area contributed by atoms with E-state index in [1.165, 1.54) is 0 Å². The van der Waals surface area contributed by atoms with E-state index >= 15 is 0 Å². The molecule has 0 amide bonds. The first-order valence-electron chi connectivity index (χ1n) is 7.23. The van der Waals surface area contributed by atoms with Crippen LogP contribution in [0.2, 0.25) is 0 Å². The minimum Gasteiger partial charge on any atom is -0.313 e. The molecule has 0 spiro atoms. The van der Waals surface area contributed by atoms with Gasteiger partial charge in [-0.3, -0.25) is 0 Å². The molecule has 0 aliphatic rings. The van der Waals surface area contributed by atoms with Crippen LogP contribution >= 0.6 is 0 Å². The average Bonchev–Trinajstić information content (AvgIpc) is 2.40. The van der Waals surface area contributed by atoms with Gasteiger partial charge in [0, 0.05) is 12.6 Å². The third-order valence-corrected chi connectivity index (χ3v) is 5.00. The van der Waals surface area contributed by atoms with E-state index in [0.717, 1.165) is 30.5 Å². The number of nitrogens with one attached hydrogen (secondary N) is 2. The zero-order valence-electron chi connectivity index (χ0n) is 12.9. The van der Waals surface area contributed by atoms with Crippen molar-refractivity contribution in [2.45, 2.75) is 58.0 Å². The van der Waals surface area contributed by atoms with Crippen LogP contribution in [0.15, 0.2) is 23.1 Å². The predicted molar refractivity (Wildman–Crippen MR) is 83.3 cm³/mol. The van der Waals surface area contributed by atoms with Crippen molar-refractivity contribution in [1.82, 2.24) is 10.0 Å². The lowest BCUT2D eigenvalue weighted by Gasteiger charge is -2.15. The Morgan fingerprint density at radius 3 is 2.55 bits per heavy atom. The van der Waals surface area contributed by atoms with Gasteiger partial charge in [-0.15, -0.1) is 0 Å². The minimum absolute atomic E-state index is 0.0544. The lowest BCUT2D eigenvalue weighted by atomic mass is 10.1. The highest BCUT2D eigenvalue weighted by Crippen LogP contribution is 2.17. The van der Waals surface area contributed by atoms with Gasteiger partial charge in [0.05, 0.1) is 4.90 Å². The highest BCUT2D eigenvalue weighted by atomic mass is 32.2. The molecule has 114 valence electrons. The monoisotopic (exact) mass is 298 g/mol. The molecule has 1 aromatic carbocycles. The summed E-state index contributed by atoms with van der Waals surface area (Å²) in [5.74, 6) is 0. The third-order valence-electron chi connectivity index (χ3n) is 3.27. The van der Waals surface area contributed by atoms with Crippen LogP contribution in [-0.4, -0.2) is 21.0 Å². The molecule has 0 saturated heterocycles. The second-order valence-electron chi connectivity index (χ2n) is 5.21. The minimum atomic E-state index is -3.43. The Kier molecular flexibility index (Phi) is 6.65. The first-order valence-corrected chi connectivity index (χ1v) is 8.71. The molecule has 1 aromatic rings. The molecule has 0 saturated carbocycles. The molecular weight excluding hydrogens is 272 g/mol. The van der Waals surface area contributed by atoms with Gasteiger partial charge >= 0.3 is 0 Å². The van der Waals surface area contributed by atoms with Crippen LogP contribution < -0.4 is 10.0 Å². The molecule has 5 heteroatoms. The Bertz CT molecular complexity index is 527. The fourth-order valence-electron chi connectivity index (χ4n) is 1.87. The van der Waals surface area contributed by atoms with Crippen LogP contribution in [0.25, 0.3) is 0 Å². The van der Waals surface area contributed by atoms with Crippen molar-refractivity contribution < 1.29 is 8.42 Å². The van der Waals surface area contributed by atoms with Gasteiger partial charge in [-0.25, -0.2) is 13.1 Å². The maximum atomic E-state index is 12.4. The molecule has 0 radical (unpaired) electrons. The summed E-state index contributed by atoms with van der Waals surface area (Å²) in [5.41, 5.74) is 1.77. The van der Waals surface area contributed by atoms with Gasteiger partial charge in [0.2, 0.25) is 10.0 Å². The molecule has 0 aliphatic carbocycles. The number of rotatable bonds is 8. The van der Waals surface area contributed by atoms with Crippen molar-refractivity contribution in [3.8, 4) is 0 Å². The standard InChI is InChI=1S/C15H26N2O2S/c1-5-9-16-11-14-8-7-12(3)15(10-14)20(18,19)17-13(4)6-2/h7-8,10,13,16-17H,5-6,9,11H2,1-4H3. The van der Waals surface area contributed by atoms with Gasteiger partial charge in [-0.2, -0.15) is 0 Å². The van der Waals surface area contributed by atoms with Crippen molar-refractivity contribution in [3.63, 3.8) is 0 Å². The van der Waals surface area contributed by atoms with Crippen LogP contribution in [0.1, 0.15) is 44.7 Å². The lowest BCUT2D eigenvalue weighted by Crippen LogP contribution is -2.32. The zero-order valence-corrected chi connectivity index (χ0v) is 13.7. The second-order valence-corrected chi connectivity index (χ2v) is 6.89. The number of aryl methyl sites for hydroxylation is 1. The molecule has 0 fully saturated rings. The van der Waals surface area contributed by atoms with E-state index in [1.807, 2.05) is 32.9 Å². The van der Waals surface area contributed by atoms with Crippen molar-refractivity contribution in [2.24, 2.45) is 0 Å². The quantitative estimate of drug-likeness (QED) is 0.725. The van der Waals surface area contributed by atoms with Crippen LogP contribution in [0.3, 0.4) is 0 Å². The van der Waals surface area contributed by atoms with E-state index in [0.29, 0.717) is 11.4 Å². The van der Waals surface area contributed by atoms with Crippen LogP contribution in [0, 0.1) is 6.92 Å². The first kappa shape index (κ1) is 17.1. The van der Waals surface area contributed by atoms with Gasteiger partial charge in [0.15, 0.2) is 0 Å². The van der Waals surface area contributed by atoms with Crippen LogP contribution in [0.4, 0.5) is 0 Å². The molecule has 0 heterocycles. The Hall–Kier alpha value is -0.910. The van der Waals surface area contributed by atoms with E-state index in [2.05, 4.69) is 17.0 Å². The number of hydrogen-bond donors (Lipinski definition) is 2. The van der Waals surface area contributed by atoms with Crippen molar-refractivity contribution in [3.05, 3.63) is 29.3 Å². The lowest BCUT2D eigenvalue weighted by molar-refractivity contribution is 0.555. The van der Waals surface area contributed by atoms with Gasteiger partial charge in [-0.05, 0) is 50.4 Å². The fourth-order valence-corrected chi connectivity index (χ4v) is 3.49. The Morgan fingerprint density at radius 1 is 1.25 bits per heavy atom. The molecular formula is C15H26N2O2S. The molecule has 1 atom stereocenters. The second kappa shape index (κ2) is 7.76. The van der Waals surface area contributed by atoms with E-state index < -0.39 is 10.0 Å². The molecule has 2 N–H and O–H groups in total. The zero-order chi connectivity index (χ0) is 15.2. The maximum Gasteiger partial charge on any atom is 0.241 e. The summed E-state index contributed by atoms with van der Waals surface area (Å²) in [6, 6.07) is 5.55. The molecule has 0 bridgehead atoms. The molecule has 1 unspecified atom stereocenters. The molecule has 0 aliphatic heterocycles. The Balaban J connectivity index is 2.95. The van der Waals surface area contributed by atoms with Crippen molar-refractivity contribution in [1.29, 1.82) is 0 Å². The van der Waals surface area contributed by atoms with E-state index in [1.54, 1.807) is 6.07 Å². The van der Waals surface area contributed by atoms with E-state index in [9.17, 15) is 8.42 Å². The number of sulfonamides is 1. The molecule has 1 rings (SSSR count). The van der Waals surface area contributed by atoms with Gasteiger partial charge < -0.3 is 5.32 Å². The summed E-state index contributed by atoms with van der Waals surface area (Å²) in [7, 11) is -3.43. The Labute approximate surface area is 123 Å². The summed E-state index contributed by atoms with van der Waals surface area (Å²) in [6.45, 7) is 9.40. The topological polar surface area (TPSA) is 58.2 Å². The highest BCUT2D eigenvalue weighted by molar-refractivity contribution is 7.89. The number of benzene rings is 1. The molecule has 4 nitrogen and oxygen atoms in total. The SMILES string of the molecule is CCCNCc1ccc(C)c(S(=O)(=O)NC(C)CC)c1. The summed E-state index contributed by atoms with van der Waals surface area (Å²) in [5, 5.41) is 3.29. The summed E-state index contributed by atoms with van der Waals surface area (Å²) >= 11 is 0. The molecule has 0 aromatic heterocycles. The smallest absolute Gasteiger partial charge is 0.241 e. The summed E-state index contributed by atoms with van der Waals surface area (Å²) in [6.07, 6.45) is 1.84. The van der Waals surface area contributed by atoms with Gasteiger partial charge in [0.1, 0.15) is 0 Å². The third kappa shape index (κ3) is 4.89. The van der Waals surface area contributed by atoms with Gasteiger partial charge in [-0.1, -0.05) is 26.0 Å². The normalized spacial score (nSPS) is 13.4. The first-order chi connectivity index (χ1) is 9.40. The van der Waals surface area contributed by atoms with Crippen molar-refractivity contribution >= 4 is 10.0 Å². The summed E-state index contributed by atoms with van der Waals surface area (Å²) in [4.78, 5) is 0.383. The average molecular weight is 298 g/mol. The fraction of sp³-hybridized carbons (Fsp3) is 0.600. The predicted octanol–water partition coefficient (Wildman–Crippen LogP) is 2.57. The number of hydrogen-bond acceptors (Lipinski definition) is 3. The van der Waals surface area contributed by atoms with E-state index in [-0.39, 0.29) is 6.04 Å². The highest BCUT2D eigenvalue weighted by Gasteiger charge is 2.19. The van der Waals surface area contributed by atoms with Crippen LogP contribution in [0.5, 0.6) is 0 Å². The Morgan fingerprint density at radius 2 is 1.95 bits per heavy atom. The van der Waals surface area contributed by atoms with Crippen molar-refractivity contribution in [2.75, 3.05) is 6.54 Å². The molecule has 20 heavy (non-hydrogen) atoms. The largest absolute Gasteiger partial charge is 0.313 e. The summed E-state index contributed by atoms with van der Waals surface area (Å²) < 4.78 is 27.5.